The molecular weight excluding hydrogens is 352 g/mol. The first-order valence-electron chi connectivity index (χ1n) is 12.0. The van der Waals surface area contributed by atoms with Gasteiger partial charge in [-0.3, -0.25) is 0 Å². The second kappa shape index (κ2) is 12.5. The SMILES string of the molecule is COC1CCC(COCC2CCC(COCC3CCC(OC)CC3)CC2)CC1. The van der Waals surface area contributed by atoms with Gasteiger partial charge in [-0.2, -0.15) is 0 Å². The molecule has 0 N–H and O–H groups in total. The standard InChI is InChI=1S/C24H44O4/c1-25-23-11-7-21(8-12-23)17-27-15-19-3-5-20(6-4-19)16-28-18-22-9-13-24(26-2)14-10-22/h19-24H,3-18H2,1-2H3. The van der Waals surface area contributed by atoms with Gasteiger partial charge in [-0.1, -0.05) is 0 Å². The van der Waals surface area contributed by atoms with Crippen LogP contribution < -0.4 is 0 Å². The topological polar surface area (TPSA) is 36.9 Å². The van der Waals surface area contributed by atoms with Gasteiger partial charge >= 0.3 is 0 Å². The summed E-state index contributed by atoms with van der Waals surface area (Å²) >= 11 is 0. The van der Waals surface area contributed by atoms with E-state index in [1.54, 1.807) is 0 Å². The lowest BCUT2D eigenvalue weighted by Gasteiger charge is -2.31. The van der Waals surface area contributed by atoms with Crippen LogP contribution in [0.15, 0.2) is 0 Å². The Bertz CT molecular complexity index is 353. The van der Waals surface area contributed by atoms with Crippen molar-refractivity contribution in [3.8, 4) is 0 Å². The van der Waals surface area contributed by atoms with Gasteiger partial charge in [0.05, 0.1) is 12.2 Å². The van der Waals surface area contributed by atoms with Crippen LogP contribution in [0.25, 0.3) is 0 Å². The van der Waals surface area contributed by atoms with E-state index in [9.17, 15) is 0 Å². The highest BCUT2D eigenvalue weighted by molar-refractivity contribution is 4.75. The Morgan fingerprint density at radius 1 is 0.429 bits per heavy atom. The molecule has 28 heavy (non-hydrogen) atoms. The lowest BCUT2D eigenvalue weighted by atomic mass is 9.82. The van der Waals surface area contributed by atoms with Crippen molar-refractivity contribution in [2.24, 2.45) is 23.7 Å². The van der Waals surface area contributed by atoms with Crippen molar-refractivity contribution < 1.29 is 18.9 Å². The molecule has 3 aliphatic rings. The van der Waals surface area contributed by atoms with Gasteiger partial charge in [-0.25, -0.2) is 0 Å². The third-order valence-corrected chi connectivity index (χ3v) is 7.63. The van der Waals surface area contributed by atoms with Gasteiger partial charge in [0.25, 0.3) is 0 Å². The number of ether oxygens (including phenoxy) is 4. The van der Waals surface area contributed by atoms with Gasteiger partial charge < -0.3 is 18.9 Å². The molecule has 0 amide bonds. The Morgan fingerprint density at radius 3 is 0.929 bits per heavy atom. The van der Waals surface area contributed by atoms with Gasteiger partial charge in [0.15, 0.2) is 0 Å². The second-order valence-corrected chi connectivity index (χ2v) is 9.72. The third kappa shape index (κ3) is 7.59. The van der Waals surface area contributed by atoms with Crippen LogP contribution in [-0.4, -0.2) is 52.9 Å². The molecule has 3 fully saturated rings. The van der Waals surface area contributed by atoms with E-state index in [0.29, 0.717) is 12.2 Å². The summed E-state index contributed by atoms with van der Waals surface area (Å²) in [5, 5.41) is 0. The number of hydrogen-bond donors (Lipinski definition) is 0. The van der Waals surface area contributed by atoms with Crippen LogP contribution in [-0.2, 0) is 18.9 Å². The van der Waals surface area contributed by atoms with E-state index in [2.05, 4.69) is 0 Å². The average Bonchev–Trinajstić information content (AvgIpc) is 2.76. The first-order chi connectivity index (χ1) is 13.8. The molecule has 0 aromatic rings. The molecule has 164 valence electrons. The molecule has 0 bridgehead atoms. The summed E-state index contributed by atoms with van der Waals surface area (Å²) in [5.74, 6) is 3.07. The Balaban J connectivity index is 1.18. The summed E-state index contributed by atoms with van der Waals surface area (Å²) in [6.45, 7) is 3.87. The van der Waals surface area contributed by atoms with Gasteiger partial charge in [0, 0.05) is 40.6 Å². The molecule has 0 radical (unpaired) electrons. The van der Waals surface area contributed by atoms with E-state index in [0.717, 1.165) is 50.1 Å². The van der Waals surface area contributed by atoms with Crippen LogP contribution in [0.1, 0.15) is 77.0 Å². The fraction of sp³-hybridized carbons (Fsp3) is 1.00. The first-order valence-corrected chi connectivity index (χ1v) is 12.0. The maximum atomic E-state index is 6.11. The van der Waals surface area contributed by atoms with Crippen LogP contribution in [0.3, 0.4) is 0 Å². The fourth-order valence-corrected chi connectivity index (χ4v) is 5.44. The largest absolute Gasteiger partial charge is 0.381 e. The minimum Gasteiger partial charge on any atom is -0.381 e. The van der Waals surface area contributed by atoms with Crippen LogP contribution in [0, 0.1) is 23.7 Å². The average molecular weight is 397 g/mol. The highest BCUT2D eigenvalue weighted by atomic mass is 16.5. The minimum atomic E-state index is 0.495. The van der Waals surface area contributed by atoms with Crippen molar-refractivity contribution in [1.82, 2.24) is 0 Å². The van der Waals surface area contributed by atoms with Gasteiger partial charge in [0.1, 0.15) is 0 Å². The highest BCUT2D eigenvalue weighted by Gasteiger charge is 2.25. The molecule has 4 heteroatoms. The zero-order valence-electron chi connectivity index (χ0n) is 18.4. The Hall–Kier alpha value is -0.160. The monoisotopic (exact) mass is 396 g/mol. The molecule has 0 aromatic heterocycles. The molecule has 0 aliphatic heterocycles. The lowest BCUT2D eigenvalue weighted by molar-refractivity contribution is 0.00239. The fourth-order valence-electron chi connectivity index (χ4n) is 5.44. The number of methoxy groups -OCH3 is 2. The predicted molar refractivity (Wildman–Crippen MR) is 113 cm³/mol. The zero-order chi connectivity index (χ0) is 19.6. The molecule has 3 saturated carbocycles. The van der Waals surface area contributed by atoms with E-state index in [1.165, 1.54) is 77.0 Å². The molecule has 0 spiro atoms. The number of hydrogen-bond acceptors (Lipinski definition) is 4. The maximum Gasteiger partial charge on any atom is 0.0571 e. The predicted octanol–water partition coefficient (Wildman–Crippen LogP) is 5.24. The second-order valence-electron chi connectivity index (χ2n) is 9.72. The number of rotatable bonds is 10. The van der Waals surface area contributed by atoms with Gasteiger partial charge in [-0.15, -0.1) is 0 Å². The van der Waals surface area contributed by atoms with Crippen LogP contribution >= 0.6 is 0 Å². The molecule has 0 heterocycles. The van der Waals surface area contributed by atoms with Gasteiger partial charge in [-0.05, 0) is 101 Å². The van der Waals surface area contributed by atoms with Crippen molar-refractivity contribution in [3.05, 3.63) is 0 Å². The van der Waals surface area contributed by atoms with E-state index < -0.39 is 0 Å². The van der Waals surface area contributed by atoms with Gasteiger partial charge in [0.2, 0.25) is 0 Å². The molecule has 4 nitrogen and oxygen atoms in total. The van der Waals surface area contributed by atoms with E-state index in [-0.39, 0.29) is 0 Å². The molecule has 3 rings (SSSR count). The van der Waals surface area contributed by atoms with Crippen molar-refractivity contribution in [2.45, 2.75) is 89.3 Å². The normalized spacial score (nSPS) is 37.1. The van der Waals surface area contributed by atoms with Crippen LogP contribution in [0.2, 0.25) is 0 Å². The van der Waals surface area contributed by atoms with Crippen molar-refractivity contribution in [3.63, 3.8) is 0 Å². The zero-order valence-corrected chi connectivity index (χ0v) is 18.4. The molecule has 0 aromatic carbocycles. The van der Waals surface area contributed by atoms with E-state index >= 15 is 0 Å². The summed E-state index contributed by atoms with van der Waals surface area (Å²) in [4.78, 5) is 0. The van der Waals surface area contributed by atoms with E-state index in [4.69, 9.17) is 18.9 Å². The quantitative estimate of drug-likeness (QED) is 0.506. The summed E-state index contributed by atoms with van der Waals surface area (Å²) < 4.78 is 23.2. The highest BCUT2D eigenvalue weighted by Crippen LogP contribution is 2.31. The van der Waals surface area contributed by atoms with Crippen molar-refractivity contribution in [1.29, 1.82) is 0 Å². The maximum absolute atomic E-state index is 6.11. The Kier molecular flexibility index (Phi) is 10.1. The minimum absolute atomic E-state index is 0.495. The molecule has 0 saturated heterocycles. The lowest BCUT2D eigenvalue weighted by Crippen LogP contribution is -2.26. The van der Waals surface area contributed by atoms with Crippen molar-refractivity contribution >= 4 is 0 Å². The Morgan fingerprint density at radius 2 is 0.679 bits per heavy atom. The van der Waals surface area contributed by atoms with Crippen LogP contribution in [0.4, 0.5) is 0 Å². The summed E-state index contributed by atoms with van der Waals surface area (Å²) in [5.41, 5.74) is 0. The summed E-state index contributed by atoms with van der Waals surface area (Å²) in [7, 11) is 3.69. The van der Waals surface area contributed by atoms with Crippen LogP contribution in [0.5, 0.6) is 0 Å². The van der Waals surface area contributed by atoms with E-state index in [1.807, 2.05) is 14.2 Å². The summed E-state index contributed by atoms with van der Waals surface area (Å²) in [6, 6.07) is 0. The molecule has 0 atom stereocenters. The molecule has 0 unspecified atom stereocenters. The molecular formula is C24H44O4. The Labute approximate surface area is 173 Å². The third-order valence-electron chi connectivity index (χ3n) is 7.63. The molecule has 3 aliphatic carbocycles. The summed E-state index contributed by atoms with van der Waals surface area (Å²) in [6.07, 6.45) is 16.2. The smallest absolute Gasteiger partial charge is 0.0571 e. The first kappa shape index (κ1) is 22.5. The van der Waals surface area contributed by atoms with Crippen molar-refractivity contribution in [2.75, 3.05) is 40.6 Å².